The van der Waals surface area contributed by atoms with E-state index in [9.17, 15) is 8.42 Å². The van der Waals surface area contributed by atoms with E-state index in [1.165, 1.54) is 6.20 Å². The van der Waals surface area contributed by atoms with Crippen molar-refractivity contribution in [1.82, 2.24) is 14.3 Å². The summed E-state index contributed by atoms with van der Waals surface area (Å²) < 4.78 is 27.4. The minimum Gasteiger partial charge on any atom is -0.337 e. The van der Waals surface area contributed by atoms with Crippen LogP contribution >= 0.6 is 0 Å². The number of aromatic nitrogens is 2. The van der Waals surface area contributed by atoms with Gasteiger partial charge in [0.25, 0.3) is 10.0 Å². The van der Waals surface area contributed by atoms with E-state index in [0.29, 0.717) is 25.3 Å². The van der Waals surface area contributed by atoms with E-state index in [0.717, 1.165) is 0 Å². The number of nitrogens with zero attached hydrogens (tertiary/aromatic N) is 2. The van der Waals surface area contributed by atoms with Crippen molar-refractivity contribution in [3.63, 3.8) is 0 Å². The van der Waals surface area contributed by atoms with Gasteiger partial charge in [-0.15, -0.1) is 0 Å². The Balaban J connectivity index is 2.77. The van der Waals surface area contributed by atoms with Crippen molar-refractivity contribution in [2.24, 2.45) is 12.8 Å². The highest BCUT2D eigenvalue weighted by atomic mass is 32.2. The van der Waals surface area contributed by atoms with Gasteiger partial charge >= 0.3 is 0 Å². The summed E-state index contributed by atoms with van der Waals surface area (Å²) in [5, 5.41) is 0.0551. The quantitative estimate of drug-likeness (QED) is 0.660. The zero-order valence-electron chi connectivity index (χ0n) is 8.90. The summed E-state index contributed by atoms with van der Waals surface area (Å²) in [6, 6.07) is 0. The first-order valence-electron chi connectivity index (χ1n) is 4.67. The maximum absolute atomic E-state index is 11.6. The van der Waals surface area contributed by atoms with Gasteiger partial charge < -0.3 is 10.3 Å². The first kappa shape index (κ1) is 12.2. The van der Waals surface area contributed by atoms with Crippen molar-refractivity contribution in [1.29, 1.82) is 0 Å². The molecule has 0 aromatic carbocycles. The summed E-state index contributed by atoms with van der Waals surface area (Å²) in [6.45, 7) is 2.55. The van der Waals surface area contributed by atoms with Crippen LogP contribution in [0.2, 0.25) is 0 Å². The molecule has 0 fully saturated rings. The van der Waals surface area contributed by atoms with Gasteiger partial charge in [-0.1, -0.05) is 0 Å². The monoisotopic (exact) mass is 232 g/mol. The summed E-state index contributed by atoms with van der Waals surface area (Å²) in [4.78, 5) is 3.94. The van der Waals surface area contributed by atoms with Crippen LogP contribution in [0, 0.1) is 6.92 Å². The SMILES string of the molecule is Cc1nc(S(=O)(=O)NCCCN)cn1C. The summed E-state index contributed by atoms with van der Waals surface area (Å²) in [6.07, 6.45) is 2.10. The van der Waals surface area contributed by atoms with Crippen LogP contribution in [0.4, 0.5) is 0 Å². The Morgan fingerprint density at radius 2 is 2.27 bits per heavy atom. The second-order valence-corrected chi connectivity index (χ2v) is 4.99. The number of nitrogens with one attached hydrogen (secondary N) is 1. The van der Waals surface area contributed by atoms with E-state index in [1.807, 2.05) is 0 Å². The number of imidazole rings is 1. The minimum absolute atomic E-state index is 0.0551. The van der Waals surface area contributed by atoms with Gasteiger partial charge in [0.15, 0.2) is 5.03 Å². The third-order valence-corrected chi connectivity index (χ3v) is 3.37. The highest BCUT2D eigenvalue weighted by molar-refractivity contribution is 7.89. The largest absolute Gasteiger partial charge is 0.337 e. The van der Waals surface area contributed by atoms with E-state index in [1.54, 1.807) is 18.5 Å². The lowest BCUT2D eigenvalue weighted by Crippen LogP contribution is -2.26. The molecule has 1 aromatic heterocycles. The van der Waals surface area contributed by atoms with Gasteiger partial charge in [0, 0.05) is 19.8 Å². The number of hydrogen-bond donors (Lipinski definition) is 2. The van der Waals surface area contributed by atoms with Crippen LogP contribution in [-0.4, -0.2) is 31.1 Å². The van der Waals surface area contributed by atoms with Crippen LogP contribution < -0.4 is 10.5 Å². The van der Waals surface area contributed by atoms with Gasteiger partial charge in [-0.2, -0.15) is 0 Å². The first-order chi connectivity index (χ1) is 6.97. The van der Waals surface area contributed by atoms with Gasteiger partial charge in [0.05, 0.1) is 0 Å². The zero-order valence-corrected chi connectivity index (χ0v) is 9.71. The molecule has 3 N–H and O–H groups in total. The molecule has 6 nitrogen and oxygen atoms in total. The van der Waals surface area contributed by atoms with E-state index < -0.39 is 10.0 Å². The van der Waals surface area contributed by atoms with Crippen molar-refractivity contribution in [3.05, 3.63) is 12.0 Å². The number of aryl methyl sites for hydroxylation is 2. The first-order valence-corrected chi connectivity index (χ1v) is 6.15. The molecule has 0 aliphatic heterocycles. The Labute approximate surface area is 89.5 Å². The third-order valence-electron chi connectivity index (χ3n) is 2.03. The number of nitrogens with two attached hydrogens (primary N) is 1. The molecule has 0 bridgehead atoms. The highest BCUT2D eigenvalue weighted by Crippen LogP contribution is 2.06. The molecule has 0 amide bonds. The molecule has 86 valence electrons. The molecule has 0 unspecified atom stereocenters. The van der Waals surface area contributed by atoms with Crippen molar-refractivity contribution >= 4 is 10.0 Å². The number of rotatable bonds is 5. The molecule has 0 radical (unpaired) electrons. The fourth-order valence-corrected chi connectivity index (χ4v) is 2.15. The van der Waals surface area contributed by atoms with Crippen LogP contribution in [-0.2, 0) is 17.1 Å². The Hall–Kier alpha value is -0.920. The number of hydrogen-bond acceptors (Lipinski definition) is 4. The molecule has 0 spiro atoms. The van der Waals surface area contributed by atoms with Crippen LogP contribution in [0.5, 0.6) is 0 Å². The Bertz CT molecular complexity index is 404. The average Bonchev–Trinajstić information content (AvgIpc) is 2.48. The van der Waals surface area contributed by atoms with Gasteiger partial charge in [-0.3, -0.25) is 0 Å². The molecule has 1 aromatic rings. The lowest BCUT2D eigenvalue weighted by Gasteiger charge is -2.01. The van der Waals surface area contributed by atoms with E-state index in [4.69, 9.17) is 5.73 Å². The molecule has 0 aliphatic carbocycles. The van der Waals surface area contributed by atoms with Gasteiger partial charge in [0.2, 0.25) is 0 Å². The Kier molecular flexibility index (Phi) is 3.83. The predicted molar refractivity (Wildman–Crippen MR) is 56.8 cm³/mol. The summed E-state index contributed by atoms with van der Waals surface area (Å²) in [5.41, 5.74) is 5.27. The number of sulfonamides is 1. The molecule has 15 heavy (non-hydrogen) atoms. The maximum atomic E-state index is 11.6. The molecule has 0 atom stereocenters. The molecule has 7 heteroatoms. The average molecular weight is 232 g/mol. The second kappa shape index (κ2) is 4.73. The molecular formula is C8H16N4O2S. The summed E-state index contributed by atoms with van der Waals surface area (Å²) in [5.74, 6) is 0.661. The zero-order chi connectivity index (χ0) is 11.5. The second-order valence-electron chi connectivity index (χ2n) is 3.28. The van der Waals surface area contributed by atoms with E-state index in [2.05, 4.69) is 9.71 Å². The van der Waals surface area contributed by atoms with Gasteiger partial charge in [-0.25, -0.2) is 18.1 Å². The van der Waals surface area contributed by atoms with Crippen LogP contribution in [0.25, 0.3) is 0 Å². The fourth-order valence-electron chi connectivity index (χ4n) is 1.04. The van der Waals surface area contributed by atoms with E-state index in [-0.39, 0.29) is 5.03 Å². The highest BCUT2D eigenvalue weighted by Gasteiger charge is 2.17. The van der Waals surface area contributed by atoms with Crippen molar-refractivity contribution in [3.8, 4) is 0 Å². The lowest BCUT2D eigenvalue weighted by atomic mass is 10.4. The van der Waals surface area contributed by atoms with Gasteiger partial charge in [0.1, 0.15) is 5.82 Å². The van der Waals surface area contributed by atoms with E-state index >= 15 is 0 Å². The van der Waals surface area contributed by atoms with Crippen molar-refractivity contribution in [2.45, 2.75) is 18.4 Å². The third kappa shape index (κ3) is 3.01. The Morgan fingerprint density at radius 1 is 1.60 bits per heavy atom. The lowest BCUT2D eigenvalue weighted by molar-refractivity contribution is 0.576. The van der Waals surface area contributed by atoms with Crippen LogP contribution in [0.15, 0.2) is 11.2 Å². The molecular weight excluding hydrogens is 216 g/mol. The topological polar surface area (TPSA) is 90.0 Å². The normalized spacial score (nSPS) is 11.9. The van der Waals surface area contributed by atoms with Crippen molar-refractivity contribution in [2.75, 3.05) is 13.1 Å². The molecule has 0 aliphatic rings. The maximum Gasteiger partial charge on any atom is 0.259 e. The summed E-state index contributed by atoms with van der Waals surface area (Å²) in [7, 11) is -1.72. The molecule has 1 rings (SSSR count). The smallest absolute Gasteiger partial charge is 0.259 e. The minimum atomic E-state index is -3.47. The summed E-state index contributed by atoms with van der Waals surface area (Å²) >= 11 is 0. The molecule has 0 saturated carbocycles. The van der Waals surface area contributed by atoms with Gasteiger partial charge in [-0.05, 0) is 19.9 Å². The molecule has 1 heterocycles. The molecule has 0 saturated heterocycles. The Morgan fingerprint density at radius 3 is 2.73 bits per heavy atom. The van der Waals surface area contributed by atoms with Crippen LogP contribution in [0.1, 0.15) is 12.2 Å². The standard InChI is InChI=1S/C8H16N4O2S/c1-7-11-8(6-12(7)2)15(13,14)10-5-3-4-9/h6,10H,3-5,9H2,1-2H3. The van der Waals surface area contributed by atoms with Crippen molar-refractivity contribution < 1.29 is 8.42 Å². The van der Waals surface area contributed by atoms with Crippen LogP contribution in [0.3, 0.4) is 0 Å². The fraction of sp³-hybridized carbons (Fsp3) is 0.625. The predicted octanol–water partition coefficient (Wildman–Crippen LogP) is -0.644.